The zero-order valence-corrected chi connectivity index (χ0v) is 32.0. The fourth-order valence-corrected chi connectivity index (χ4v) is 7.14. The van der Waals surface area contributed by atoms with Gasteiger partial charge in [0.2, 0.25) is 5.91 Å². The van der Waals surface area contributed by atoms with Crippen LogP contribution in [0.15, 0.2) is 60.9 Å². The molecule has 0 spiro atoms. The van der Waals surface area contributed by atoms with Crippen molar-refractivity contribution in [2.45, 2.75) is 0 Å². The van der Waals surface area contributed by atoms with Gasteiger partial charge in [-0.2, -0.15) is 0 Å². The molecule has 0 atom stereocenters. The van der Waals surface area contributed by atoms with E-state index < -0.39 is 11.7 Å². The van der Waals surface area contributed by atoms with Crippen molar-refractivity contribution < 1.29 is 23.8 Å². The van der Waals surface area contributed by atoms with E-state index in [0.29, 0.717) is 61.7 Å². The highest BCUT2D eigenvalue weighted by molar-refractivity contribution is 7.17. The van der Waals surface area contributed by atoms with E-state index in [1.165, 1.54) is 24.4 Å². The van der Waals surface area contributed by atoms with Crippen LogP contribution in [0.5, 0.6) is 5.75 Å². The van der Waals surface area contributed by atoms with E-state index in [-0.39, 0.29) is 28.1 Å². The second-order valence-electron chi connectivity index (χ2n) is 13.0. The Bertz CT molecular complexity index is 1940. The molecule has 3 aromatic heterocycles. The van der Waals surface area contributed by atoms with E-state index in [2.05, 4.69) is 36.4 Å². The van der Waals surface area contributed by atoms with Crippen LogP contribution in [-0.2, 0) is 4.79 Å². The Morgan fingerprint density at radius 1 is 1.04 bits per heavy atom. The largest absolute Gasteiger partial charge is 0.493 e. The van der Waals surface area contributed by atoms with Crippen LogP contribution < -0.4 is 25.2 Å². The molecule has 2 aliphatic rings. The first-order valence-corrected chi connectivity index (χ1v) is 18.8. The van der Waals surface area contributed by atoms with Gasteiger partial charge in [-0.05, 0) is 44.4 Å². The van der Waals surface area contributed by atoms with Gasteiger partial charge in [0, 0.05) is 83.3 Å². The van der Waals surface area contributed by atoms with Gasteiger partial charge in [-0.1, -0.05) is 35.1 Å². The maximum absolute atomic E-state index is 14.3. The minimum atomic E-state index is -0.641. The van der Waals surface area contributed by atoms with Crippen LogP contribution in [0.3, 0.4) is 0 Å². The smallest absolute Gasteiger partial charge is 0.267 e. The molecule has 6 rings (SSSR count). The van der Waals surface area contributed by atoms with Gasteiger partial charge >= 0.3 is 0 Å². The molecule has 2 fully saturated rings. The van der Waals surface area contributed by atoms with Crippen molar-refractivity contribution in [2.24, 2.45) is 0 Å². The van der Waals surface area contributed by atoms with Crippen molar-refractivity contribution in [1.29, 1.82) is 0 Å². The Hall–Kier alpha value is -4.87. The predicted molar refractivity (Wildman–Crippen MR) is 211 cm³/mol. The highest BCUT2D eigenvalue weighted by Crippen LogP contribution is 2.36. The summed E-state index contributed by atoms with van der Waals surface area (Å²) in [7, 11) is 5.47. The number of thiazole rings is 1. The number of carbonyl (C=O) groups excluding carboxylic acids is 2. The number of pyridine rings is 2. The lowest BCUT2D eigenvalue weighted by Gasteiger charge is -2.40. The first-order valence-electron chi connectivity index (χ1n) is 17.6. The number of nitrogens with zero attached hydrogens (tertiary/aromatic N) is 8. The second kappa shape index (κ2) is 18.0. The number of β-amino-alcohol motifs (C(OH)–C–C–N with tert-alkyl or cyclic N) is 1. The molecule has 14 nitrogen and oxygen atoms in total. The Labute approximate surface area is 322 Å². The topological polar surface area (TPSA) is 143 Å². The molecule has 4 aromatic rings. The Balaban J connectivity index is 1.22. The molecule has 1 aromatic carbocycles. The number of halogens is 2. The number of piperazine rings is 2. The normalized spacial score (nSPS) is 15.3. The lowest BCUT2D eigenvalue weighted by Crippen LogP contribution is -2.50. The zero-order chi connectivity index (χ0) is 38.2. The Morgan fingerprint density at radius 2 is 1.80 bits per heavy atom. The number of hydrogen-bond acceptors (Lipinski definition) is 13. The highest BCUT2D eigenvalue weighted by Gasteiger charge is 2.27. The molecule has 54 heavy (non-hydrogen) atoms. The van der Waals surface area contributed by atoms with E-state index in [4.69, 9.17) is 26.3 Å². The molecule has 3 N–H and O–H groups in total. The number of rotatable bonds is 13. The first kappa shape index (κ1) is 38.8. The van der Waals surface area contributed by atoms with Crippen molar-refractivity contribution >= 4 is 62.9 Å². The number of methoxy groups -OCH3 is 1. The number of carbonyl (C=O) groups is 2. The van der Waals surface area contributed by atoms with Crippen LogP contribution in [0.4, 0.5) is 32.5 Å². The standard InChI is InChI=1S/C37H44ClFN10O4S/c1-45(2)11-5-8-32(51)48-16-18-49(19-17-48)35-29(47-14-12-46(13-15-47)20-21-50)22-25(23-40-35)28-9-10-30(53-3)34(42-28)44-37-41-24-31(54-37)36(52)43-33-26(38)6-4-7-27(33)39/h4-10,22-24,50H,11-21H2,1-3H3,(H,43,52)(H,41,42,44)/b8-5+. The third-order valence-corrected chi connectivity index (χ3v) is 10.4. The van der Waals surface area contributed by atoms with E-state index in [0.717, 1.165) is 54.6 Å². The number of aromatic nitrogens is 3. The summed E-state index contributed by atoms with van der Waals surface area (Å²) in [6, 6.07) is 9.93. The van der Waals surface area contributed by atoms with Crippen molar-refractivity contribution in [2.75, 3.05) is 114 Å². The third-order valence-electron chi connectivity index (χ3n) is 9.13. The average molecular weight is 779 g/mol. The summed E-state index contributed by atoms with van der Waals surface area (Å²) in [6.45, 7) is 7.06. The summed E-state index contributed by atoms with van der Waals surface area (Å²) >= 11 is 7.16. The minimum absolute atomic E-state index is 0.0137. The molecule has 0 bridgehead atoms. The molecule has 286 valence electrons. The van der Waals surface area contributed by atoms with Gasteiger partial charge in [0.15, 0.2) is 22.5 Å². The number of aliphatic hydroxyl groups excluding tert-OH is 1. The van der Waals surface area contributed by atoms with E-state index >= 15 is 0 Å². The molecule has 17 heteroatoms. The third kappa shape index (κ3) is 9.43. The van der Waals surface area contributed by atoms with Crippen molar-refractivity contribution in [3.63, 3.8) is 0 Å². The van der Waals surface area contributed by atoms with Crippen LogP contribution in [0.25, 0.3) is 11.3 Å². The number of aliphatic hydroxyl groups is 1. The quantitative estimate of drug-likeness (QED) is 0.167. The summed E-state index contributed by atoms with van der Waals surface area (Å²) in [5.74, 6) is 0.518. The molecule has 2 saturated heterocycles. The summed E-state index contributed by atoms with van der Waals surface area (Å²) in [5, 5.41) is 15.7. The number of hydrogen-bond donors (Lipinski definition) is 3. The highest BCUT2D eigenvalue weighted by atomic mass is 35.5. The molecule has 0 radical (unpaired) electrons. The molecule has 5 heterocycles. The number of nitrogens with one attached hydrogen (secondary N) is 2. The van der Waals surface area contributed by atoms with Gasteiger partial charge in [0.25, 0.3) is 5.91 Å². The number of para-hydroxylation sites is 1. The van der Waals surface area contributed by atoms with Crippen molar-refractivity contribution in [3.05, 3.63) is 76.7 Å². The fourth-order valence-electron chi connectivity index (χ4n) is 6.22. The maximum Gasteiger partial charge on any atom is 0.267 e. The van der Waals surface area contributed by atoms with Gasteiger partial charge < -0.3 is 40.1 Å². The van der Waals surface area contributed by atoms with Crippen molar-refractivity contribution in [3.8, 4) is 17.0 Å². The van der Waals surface area contributed by atoms with E-state index in [9.17, 15) is 19.1 Å². The number of likely N-dealkylation sites (N-methyl/N-ethyl adjacent to an activating group) is 1. The van der Waals surface area contributed by atoms with E-state index in [1.54, 1.807) is 25.4 Å². The summed E-state index contributed by atoms with van der Waals surface area (Å²) in [4.78, 5) is 50.9. The molecule has 2 aliphatic heterocycles. The van der Waals surface area contributed by atoms with Crippen LogP contribution in [0.1, 0.15) is 9.67 Å². The minimum Gasteiger partial charge on any atom is -0.493 e. The average Bonchev–Trinajstić information content (AvgIpc) is 3.65. The number of anilines is 5. The van der Waals surface area contributed by atoms with Crippen LogP contribution >= 0.6 is 22.9 Å². The predicted octanol–water partition coefficient (Wildman–Crippen LogP) is 4.28. The van der Waals surface area contributed by atoms with Gasteiger partial charge in [-0.15, -0.1) is 0 Å². The molecule has 0 saturated carbocycles. The zero-order valence-electron chi connectivity index (χ0n) is 30.5. The lowest BCUT2D eigenvalue weighted by atomic mass is 10.1. The van der Waals surface area contributed by atoms with Crippen LogP contribution in [0.2, 0.25) is 5.02 Å². The number of amides is 2. The molecular formula is C37H44ClFN10O4S. The number of benzene rings is 1. The van der Waals surface area contributed by atoms with Crippen LogP contribution in [-0.4, -0.2) is 140 Å². The molecular weight excluding hydrogens is 735 g/mol. The number of ether oxygens (including phenoxy) is 1. The van der Waals surface area contributed by atoms with Gasteiger partial charge in [-0.25, -0.2) is 19.3 Å². The fraction of sp³-hybridized carbons (Fsp3) is 0.378. The Morgan fingerprint density at radius 3 is 2.50 bits per heavy atom. The summed E-state index contributed by atoms with van der Waals surface area (Å²) in [6.07, 6.45) is 6.73. The summed E-state index contributed by atoms with van der Waals surface area (Å²) in [5.41, 5.74) is 2.30. The summed E-state index contributed by atoms with van der Waals surface area (Å²) < 4.78 is 19.9. The molecule has 2 amide bonds. The SMILES string of the molecule is COc1ccc(-c2cnc(N3CCN(C(=O)/C=C/CN(C)C)CC3)c(N3CCN(CCO)CC3)c2)nc1Nc1ncc(C(=O)Nc2c(F)cccc2Cl)s1. The maximum atomic E-state index is 14.3. The van der Waals surface area contributed by atoms with Crippen molar-refractivity contribution in [1.82, 2.24) is 29.7 Å². The Kier molecular flexibility index (Phi) is 12.9. The van der Waals surface area contributed by atoms with E-state index in [1.807, 2.05) is 36.0 Å². The van der Waals surface area contributed by atoms with Crippen LogP contribution in [0, 0.1) is 5.82 Å². The monoisotopic (exact) mass is 778 g/mol. The molecule has 0 aliphatic carbocycles. The second-order valence-corrected chi connectivity index (χ2v) is 14.5. The lowest BCUT2D eigenvalue weighted by molar-refractivity contribution is -0.126. The first-order chi connectivity index (χ1) is 26.1. The van der Waals surface area contributed by atoms with Gasteiger partial charge in [-0.3, -0.25) is 14.5 Å². The van der Waals surface area contributed by atoms with Gasteiger partial charge in [0.05, 0.1) is 42.0 Å². The van der Waals surface area contributed by atoms with Gasteiger partial charge in [0.1, 0.15) is 10.7 Å². The molecule has 0 unspecified atom stereocenters.